The van der Waals surface area contributed by atoms with Crippen LogP contribution in [0.5, 0.6) is 0 Å². The van der Waals surface area contributed by atoms with Gasteiger partial charge in [0, 0.05) is 36.9 Å². The summed E-state index contributed by atoms with van der Waals surface area (Å²) in [7, 11) is 0. The maximum Gasteiger partial charge on any atom is 0.254 e. The van der Waals surface area contributed by atoms with Crippen molar-refractivity contribution in [2.24, 2.45) is 0 Å². The fourth-order valence-corrected chi connectivity index (χ4v) is 2.65. The molecule has 0 aliphatic carbocycles. The van der Waals surface area contributed by atoms with Crippen LogP contribution in [0, 0.1) is 6.92 Å². The van der Waals surface area contributed by atoms with Gasteiger partial charge in [-0.1, -0.05) is 6.07 Å². The number of aryl methyl sites for hydroxylation is 1. The fourth-order valence-electron chi connectivity index (χ4n) is 2.65. The second kappa shape index (κ2) is 8.08. The molecule has 6 nitrogen and oxygen atoms in total. The summed E-state index contributed by atoms with van der Waals surface area (Å²) in [5.74, 6) is 0.730. The van der Waals surface area contributed by atoms with E-state index in [0.29, 0.717) is 11.4 Å². The Balaban J connectivity index is 0.00000208. The first-order valence-corrected chi connectivity index (χ1v) is 7.82. The van der Waals surface area contributed by atoms with Gasteiger partial charge in [-0.05, 0) is 44.2 Å². The van der Waals surface area contributed by atoms with Crippen molar-refractivity contribution in [2.75, 3.05) is 25.0 Å². The maximum atomic E-state index is 12.7. The van der Waals surface area contributed by atoms with Crippen molar-refractivity contribution in [1.29, 1.82) is 0 Å². The molecule has 24 heavy (non-hydrogen) atoms. The molecule has 128 valence electrons. The first kappa shape index (κ1) is 18.2. The zero-order chi connectivity index (χ0) is 16.2. The lowest BCUT2D eigenvalue weighted by Gasteiger charge is -2.34. The minimum atomic E-state index is 0. The Morgan fingerprint density at radius 3 is 2.83 bits per heavy atom. The van der Waals surface area contributed by atoms with E-state index in [4.69, 9.17) is 0 Å². The smallest absolute Gasteiger partial charge is 0.254 e. The molecule has 0 bridgehead atoms. The number of nitrogens with zero attached hydrogens (tertiary/aromatic N) is 3. The Morgan fingerprint density at radius 2 is 2.12 bits per heavy atom. The molecule has 1 saturated heterocycles. The molecule has 1 amide bonds. The Labute approximate surface area is 148 Å². The number of anilines is 2. The van der Waals surface area contributed by atoms with Crippen molar-refractivity contribution < 1.29 is 4.79 Å². The first-order valence-electron chi connectivity index (χ1n) is 7.82. The minimum absolute atomic E-state index is 0. The quantitative estimate of drug-likeness (QED) is 0.892. The van der Waals surface area contributed by atoms with Crippen molar-refractivity contribution in [3.63, 3.8) is 0 Å². The molecule has 0 unspecified atom stereocenters. The Hall–Kier alpha value is -2.18. The van der Waals surface area contributed by atoms with E-state index >= 15 is 0 Å². The van der Waals surface area contributed by atoms with E-state index < -0.39 is 0 Å². The highest BCUT2D eigenvalue weighted by molar-refractivity contribution is 5.95. The van der Waals surface area contributed by atoms with Crippen molar-refractivity contribution in [1.82, 2.24) is 20.4 Å². The molecule has 1 aliphatic rings. The number of amides is 1. The molecule has 1 fully saturated rings. The van der Waals surface area contributed by atoms with E-state index in [2.05, 4.69) is 27.8 Å². The van der Waals surface area contributed by atoms with Crippen molar-refractivity contribution in [3.8, 4) is 0 Å². The highest BCUT2D eigenvalue weighted by Gasteiger charge is 2.24. The van der Waals surface area contributed by atoms with Gasteiger partial charge in [0.2, 0.25) is 0 Å². The number of hydrogen-bond acceptors (Lipinski definition) is 5. The van der Waals surface area contributed by atoms with Gasteiger partial charge in [-0.25, -0.2) is 0 Å². The Bertz CT molecular complexity index is 692. The summed E-state index contributed by atoms with van der Waals surface area (Å²) in [4.78, 5) is 14.6. The number of carbonyl (C=O) groups is 1. The average molecular weight is 348 g/mol. The molecular weight excluding hydrogens is 326 g/mol. The standard InChI is InChI=1S/C17H21N5O.ClH/c1-12-6-7-16(21-20-12)19-15-5-3-4-14(10-15)17(23)22-9-8-18-11-13(22)2;/h3-7,10,13,18H,8-9,11H2,1-2H3,(H,19,21);1H/t13-;/m1./s1. The van der Waals surface area contributed by atoms with Crippen LogP contribution in [0.4, 0.5) is 11.5 Å². The number of piperazine rings is 1. The van der Waals surface area contributed by atoms with Crippen LogP contribution in [0.3, 0.4) is 0 Å². The van der Waals surface area contributed by atoms with E-state index in [0.717, 1.165) is 31.0 Å². The molecule has 2 heterocycles. The third-order valence-corrected chi connectivity index (χ3v) is 3.94. The first-order chi connectivity index (χ1) is 11.1. The summed E-state index contributed by atoms with van der Waals surface area (Å²) in [6.07, 6.45) is 0. The lowest BCUT2D eigenvalue weighted by molar-refractivity contribution is 0.0656. The zero-order valence-electron chi connectivity index (χ0n) is 13.8. The Kier molecular flexibility index (Phi) is 6.11. The summed E-state index contributed by atoms with van der Waals surface area (Å²) in [6.45, 7) is 6.37. The van der Waals surface area contributed by atoms with Gasteiger partial charge in [-0.2, -0.15) is 5.10 Å². The molecule has 7 heteroatoms. The van der Waals surface area contributed by atoms with Crippen LogP contribution in [0.25, 0.3) is 0 Å². The number of rotatable bonds is 3. The molecule has 1 aromatic carbocycles. The van der Waals surface area contributed by atoms with Gasteiger partial charge in [-0.15, -0.1) is 17.5 Å². The normalized spacial score (nSPS) is 17.1. The molecule has 0 spiro atoms. The highest BCUT2D eigenvalue weighted by Crippen LogP contribution is 2.18. The molecule has 0 radical (unpaired) electrons. The summed E-state index contributed by atoms with van der Waals surface area (Å²) >= 11 is 0. The molecule has 2 aromatic rings. The number of aromatic nitrogens is 2. The van der Waals surface area contributed by atoms with E-state index in [1.54, 1.807) is 0 Å². The topological polar surface area (TPSA) is 70.2 Å². The molecule has 2 N–H and O–H groups in total. The lowest BCUT2D eigenvalue weighted by Crippen LogP contribution is -2.52. The average Bonchev–Trinajstić information content (AvgIpc) is 2.57. The Morgan fingerprint density at radius 1 is 1.29 bits per heavy atom. The van der Waals surface area contributed by atoms with Crippen LogP contribution in [0.2, 0.25) is 0 Å². The van der Waals surface area contributed by atoms with Crippen LogP contribution in [0.15, 0.2) is 36.4 Å². The molecule has 3 rings (SSSR count). The SMILES string of the molecule is Cc1ccc(Nc2cccc(C(=O)N3CCNC[C@H]3C)c2)nn1.Cl. The highest BCUT2D eigenvalue weighted by atomic mass is 35.5. The lowest BCUT2D eigenvalue weighted by atomic mass is 10.1. The van der Waals surface area contributed by atoms with Gasteiger partial charge in [0.15, 0.2) is 5.82 Å². The third kappa shape index (κ3) is 4.21. The number of carbonyl (C=O) groups excluding carboxylic acids is 1. The monoisotopic (exact) mass is 347 g/mol. The van der Waals surface area contributed by atoms with Gasteiger partial charge >= 0.3 is 0 Å². The summed E-state index contributed by atoms with van der Waals surface area (Å²) in [6, 6.07) is 11.5. The molecule has 1 aliphatic heterocycles. The molecule has 1 aromatic heterocycles. The summed E-state index contributed by atoms with van der Waals surface area (Å²) in [5, 5.41) is 14.6. The molecule has 0 saturated carbocycles. The fraction of sp³-hybridized carbons (Fsp3) is 0.353. The van der Waals surface area contributed by atoms with Crippen LogP contribution in [-0.2, 0) is 0 Å². The van der Waals surface area contributed by atoms with E-state index in [1.807, 2.05) is 48.2 Å². The van der Waals surface area contributed by atoms with Crippen LogP contribution >= 0.6 is 12.4 Å². The summed E-state index contributed by atoms with van der Waals surface area (Å²) < 4.78 is 0. The van der Waals surface area contributed by atoms with Crippen molar-refractivity contribution in [2.45, 2.75) is 19.9 Å². The maximum absolute atomic E-state index is 12.7. The van der Waals surface area contributed by atoms with Crippen LogP contribution in [-0.4, -0.2) is 46.7 Å². The van der Waals surface area contributed by atoms with Crippen LogP contribution in [0.1, 0.15) is 23.0 Å². The second-order valence-corrected chi connectivity index (χ2v) is 5.82. The van der Waals surface area contributed by atoms with Gasteiger partial charge in [0.25, 0.3) is 5.91 Å². The third-order valence-electron chi connectivity index (χ3n) is 3.94. The van der Waals surface area contributed by atoms with Gasteiger partial charge in [0.1, 0.15) is 0 Å². The number of halogens is 1. The number of benzene rings is 1. The van der Waals surface area contributed by atoms with Gasteiger partial charge < -0.3 is 15.5 Å². The van der Waals surface area contributed by atoms with E-state index in [9.17, 15) is 4.79 Å². The number of nitrogens with one attached hydrogen (secondary N) is 2. The zero-order valence-corrected chi connectivity index (χ0v) is 14.6. The van der Waals surface area contributed by atoms with Crippen molar-refractivity contribution in [3.05, 3.63) is 47.7 Å². The predicted octanol–water partition coefficient (Wildman–Crippen LogP) is 2.38. The van der Waals surface area contributed by atoms with E-state index in [-0.39, 0.29) is 24.4 Å². The van der Waals surface area contributed by atoms with Crippen LogP contribution < -0.4 is 10.6 Å². The van der Waals surface area contributed by atoms with Gasteiger partial charge in [-0.3, -0.25) is 4.79 Å². The summed E-state index contributed by atoms with van der Waals surface area (Å²) in [5.41, 5.74) is 2.38. The number of hydrogen-bond donors (Lipinski definition) is 2. The largest absolute Gasteiger partial charge is 0.339 e. The van der Waals surface area contributed by atoms with Gasteiger partial charge in [0.05, 0.1) is 5.69 Å². The van der Waals surface area contributed by atoms with E-state index in [1.165, 1.54) is 0 Å². The second-order valence-electron chi connectivity index (χ2n) is 5.82. The molecular formula is C17H22ClN5O. The van der Waals surface area contributed by atoms with Crippen molar-refractivity contribution >= 4 is 29.8 Å². The minimum Gasteiger partial charge on any atom is -0.339 e. The molecule has 1 atom stereocenters. The predicted molar refractivity (Wildman–Crippen MR) is 97.1 cm³/mol.